The molecule has 1 atom stereocenters. The molecule has 0 saturated carbocycles. The van der Waals surface area contributed by atoms with E-state index in [0.29, 0.717) is 0 Å². The molecule has 1 heterocycles. The zero-order valence-corrected chi connectivity index (χ0v) is 8.42. The maximum Gasteiger partial charge on any atom is 0.248 e. The summed E-state index contributed by atoms with van der Waals surface area (Å²) in [6, 6.07) is 5.95. The number of benzene rings is 1. The number of nitrogens with two attached hydrogens (primary N) is 1. The van der Waals surface area contributed by atoms with Gasteiger partial charge >= 0.3 is 0 Å². The van der Waals surface area contributed by atoms with Gasteiger partial charge < -0.3 is 11.1 Å². The maximum absolute atomic E-state index is 11.5. The minimum absolute atomic E-state index is 0.124. The van der Waals surface area contributed by atoms with Crippen LogP contribution in [0.4, 0.5) is 5.69 Å². The van der Waals surface area contributed by atoms with Crippen LogP contribution in [-0.4, -0.2) is 5.91 Å². The van der Waals surface area contributed by atoms with E-state index >= 15 is 0 Å². The summed E-state index contributed by atoms with van der Waals surface area (Å²) in [5.41, 5.74) is 8.00. The highest BCUT2D eigenvalue weighted by Crippen LogP contribution is 2.34. The number of carbonyl (C=O) groups excluding carboxylic acids is 1. The molecule has 3 N–H and O–H groups in total. The van der Waals surface area contributed by atoms with E-state index < -0.39 is 5.54 Å². The molecule has 0 saturated heterocycles. The second-order valence-corrected chi connectivity index (χ2v) is 3.89. The second kappa shape index (κ2) is 2.82. The number of amides is 1. The van der Waals surface area contributed by atoms with Gasteiger partial charge in [-0.05, 0) is 25.0 Å². The van der Waals surface area contributed by atoms with Crippen LogP contribution in [0.5, 0.6) is 0 Å². The Kier molecular flexibility index (Phi) is 1.86. The molecule has 0 aliphatic carbocycles. The number of aryl methyl sites for hydroxylation is 1. The Labute approximate surface area is 83.3 Å². The molecule has 0 aromatic heterocycles. The summed E-state index contributed by atoms with van der Waals surface area (Å²) in [6.45, 7) is 3.82. The van der Waals surface area contributed by atoms with E-state index in [0.717, 1.165) is 17.7 Å². The molecule has 1 aromatic carbocycles. The van der Waals surface area contributed by atoms with Crippen molar-refractivity contribution in [2.75, 3.05) is 5.32 Å². The van der Waals surface area contributed by atoms with E-state index in [4.69, 9.17) is 5.73 Å². The molecule has 2 rings (SSSR count). The Morgan fingerprint density at radius 1 is 1.50 bits per heavy atom. The molecule has 1 unspecified atom stereocenters. The van der Waals surface area contributed by atoms with Crippen molar-refractivity contribution in [1.82, 2.24) is 0 Å². The molecular formula is C11H14N2O. The molecule has 3 nitrogen and oxygen atoms in total. The van der Waals surface area contributed by atoms with Crippen molar-refractivity contribution >= 4 is 11.6 Å². The van der Waals surface area contributed by atoms with Crippen molar-refractivity contribution in [3.05, 3.63) is 29.3 Å². The highest BCUT2D eigenvalue weighted by Gasteiger charge is 2.38. The lowest BCUT2D eigenvalue weighted by Crippen LogP contribution is -2.40. The molecule has 3 heteroatoms. The predicted octanol–water partition coefficient (Wildman–Crippen LogP) is 1.37. The maximum atomic E-state index is 11.5. The average molecular weight is 190 g/mol. The molecule has 0 spiro atoms. The van der Waals surface area contributed by atoms with Gasteiger partial charge in [-0.15, -0.1) is 0 Å². The standard InChI is InChI=1S/C11H14N2O/c1-3-7-4-5-8-9(6-7)13-10(14)11(8,2)12/h4-6H,3,12H2,1-2H3,(H,13,14). The van der Waals surface area contributed by atoms with Crippen molar-refractivity contribution in [3.63, 3.8) is 0 Å². The molecule has 0 bridgehead atoms. The van der Waals surface area contributed by atoms with Crippen molar-refractivity contribution in [1.29, 1.82) is 0 Å². The Bertz CT molecular complexity index is 396. The van der Waals surface area contributed by atoms with Crippen molar-refractivity contribution < 1.29 is 4.79 Å². The van der Waals surface area contributed by atoms with E-state index in [-0.39, 0.29) is 5.91 Å². The zero-order valence-electron chi connectivity index (χ0n) is 8.42. The lowest BCUT2D eigenvalue weighted by atomic mass is 9.94. The summed E-state index contributed by atoms with van der Waals surface area (Å²) < 4.78 is 0. The van der Waals surface area contributed by atoms with Gasteiger partial charge in [0.1, 0.15) is 5.54 Å². The Morgan fingerprint density at radius 2 is 2.21 bits per heavy atom. The van der Waals surface area contributed by atoms with Gasteiger partial charge in [-0.25, -0.2) is 0 Å². The fourth-order valence-corrected chi connectivity index (χ4v) is 1.74. The van der Waals surface area contributed by atoms with Crippen LogP contribution in [-0.2, 0) is 16.8 Å². The van der Waals surface area contributed by atoms with Gasteiger partial charge in [0.25, 0.3) is 0 Å². The number of fused-ring (bicyclic) bond motifs is 1. The number of anilines is 1. The average Bonchev–Trinajstić information content (AvgIpc) is 2.38. The first kappa shape index (κ1) is 9.21. The molecule has 74 valence electrons. The van der Waals surface area contributed by atoms with Gasteiger partial charge in [0.05, 0.1) is 0 Å². The minimum atomic E-state index is -0.873. The van der Waals surface area contributed by atoms with E-state index in [9.17, 15) is 4.79 Å². The predicted molar refractivity (Wildman–Crippen MR) is 56.0 cm³/mol. The molecule has 1 aliphatic heterocycles. The topological polar surface area (TPSA) is 55.1 Å². The van der Waals surface area contributed by atoms with Crippen LogP contribution in [0.25, 0.3) is 0 Å². The summed E-state index contributed by atoms with van der Waals surface area (Å²) in [5.74, 6) is -0.124. The summed E-state index contributed by atoms with van der Waals surface area (Å²) in [7, 11) is 0. The van der Waals surface area contributed by atoms with Crippen LogP contribution in [0.1, 0.15) is 25.0 Å². The fraction of sp³-hybridized carbons (Fsp3) is 0.364. The molecular weight excluding hydrogens is 176 g/mol. The quantitative estimate of drug-likeness (QED) is 0.702. The molecule has 0 fully saturated rings. The Morgan fingerprint density at radius 3 is 2.86 bits per heavy atom. The fourth-order valence-electron chi connectivity index (χ4n) is 1.74. The van der Waals surface area contributed by atoms with Gasteiger partial charge in [0.15, 0.2) is 0 Å². The molecule has 1 amide bonds. The zero-order chi connectivity index (χ0) is 10.3. The van der Waals surface area contributed by atoms with Crippen molar-refractivity contribution in [3.8, 4) is 0 Å². The number of nitrogens with one attached hydrogen (secondary N) is 1. The SMILES string of the molecule is CCc1ccc2c(c1)NC(=O)C2(C)N. The first-order chi connectivity index (χ1) is 6.55. The molecule has 14 heavy (non-hydrogen) atoms. The molecule has 1 aromatic rings. The smallest absolute Gasteiger partial charge is 0.248 e. The number of carbonyl (C=O) groups is 1. The highest BCUT2D eigenvalue weighted by atomic mass is 16.2. The number of hydrogen-bond acceptors (Lipinski definition) is 2. The number of rotatable bonds is 1. The van der Waals surface area contributed by atoms with Crippen LogP contribution in [0.15, 0.2) is 18.2 Å². The van der Waals surface area contributed by atoms with Crippen molar-refractivity contribution in [2.45, 2.75) is 25.8 Å². The third-order valence-corrected chi connectivity index (χ3v) is 2.77. The first-order valence-electron chi connectivity index (χ1n) is 4.79. The summed E-state index contributed by atoms with van der Waals surface area (Å²) in [4.78, 5) is 11.5. The van der Waals surface area contributed by atoms with Gasteiger partial charge in [-0.3, -0.25) is 4.79 Å². The van der Waals surface area contributed by atoms with E-state index in [1.165, 1.54) is 5.56 Å². The lowest BCUT2D eigenvalue weighted by Gasteiger charge is -2.14. The van der Waals surface area contributed by atoms with Gasteiger partial charge in [0, 0.05) is 11.3 Å². The largest absolute Gasteiger partial charge is 0.324 e. The lowest BCUT2D eigenvalue weighted by molar-refractivity contribution is -0.120. The van der Waals surface area contributed by atoms with Crippen molar-refractivity contribution in [2.24, 2.45) is 5.73 Å². The normalized spacial score (nSPS) is 24.6. The van der Waals surface area contributed by atoms with E-state index in [1.54, 1.807) is 6.92 Å². The first-order valence-corrected chi connectivity index (χ1v) is 4.79. The summed E-state index contributed by atoms with van der Waals surface area (Å²) in [5, 5.41) is 2.80. The molecule has 1 aliphatic rings. The van der Waals surface area contributed by atoms with Gasteiger partial charge in [-0.2, -0.15) is 0 Å². The second-order valence-electron chi connectivity index (χ2n) is 3.89. The summed E-state index contributed by atoms with van der Waals surface area (Å²) in [6.07, 6.45) is 0.963. The van der Waals surface area contributed by atoms with Crippen LogP contribution in [0, 0.1) is 0 Å². The van der Waals surface area contributed by atoms with E-state index in [2.05, 4.69) is 12.2 Å². The number of hydrogen-bond donors (Lipinski definition) is 2. The van der Waals surface area contributed by atoms with Crippen LogP contribution >= 0.6 is 0 Å². The van der Waals surface area contributed by atoms with E-state index in [1.807, 2.05) is 18.2 Å². The Balaban J connectivity index is 2.54. The Hall–Kier alpha value is -1.35. The highest BCUT2D eigenvalue weighted by molar-refractivity contribution is 6.05. The third-order valence-electron chi connectivity index (χ3n) is 2.77. The van der Waals surface area contributed by atoms with Crippen LogP contribution in [0.2, 0.25) is 0 Å². The third kappa shape index (κ3) is 1.13. The monoisotopic (exact) mass is 190 g/mol. The van der Waals surface area contributed by atoms with Gasteiger partial charge in [-0.1, -0.05) is 19.1 Å². The summed E-state index contributed by atoms with van der Waals surface area (Å²) >= 11 is 0. The minimum Gasteiger partial charge on any atom is -0.324 e. The van der Waals surface area contributed by atoms with Gasteiger partial charge in [0.2, 0.25) is 5.91 Å². The van der Waals surface area contributed by atoms with Crippen LogP contribution in [0.3, 0.4) is 0 Å². The molecule has 0 radical (unpaired) electrons. The van der Waals surface area contributed by atoms with Crippen LogP contribution < -0.4 is 11.1 Å².